The molecule has 0 radical (unpaired) electrons. The number of likely N-dealkylation sites (tertiary alicyclic amines) is 1. The molecule has 4 nitrogen and oxygen atoms in total. The first-order valence-corrected chi connectivity index (χ1v) is 9.05. The van der Waals surface area contributed by atoms with Crippen molar-refractivity contribution in [2.75, 3.05) is 13.1 Å². The van der Waals surface area contributed by atoms with Crippen molar-refractivity contribution in [1.82, 2.24) is 15.2 Å². The molecule has 2 aromatic rings. The lowest BCUT2D eigenvalue weighted by molar-refractivity contribution is -0.131. The molecule has 0 spiro atoms. The largest absolute Gasteiger partial charge is 0.358 e. The molecule has 1 fully saturated rings. The van der Waals surface area contributed by atoms with Crippen LogP contribution in [0, 0.1) is 13.8 Å². The van der Waals surface area contributed by atoms with Gasteiger partial charge in [0.05, 0.1) is 6.42 Å². The molecule has 0 bridgehead atoms. The lowest BCUT2D eigenvalue weighted by atomic mass is 10.0. The molecule has 0 saturated carbocycles. The fourth-order valence-electron chi connectivity index (χ4n) is 3.67. The fraction of sp³-hybridized carbons (Fsp3) is 0.550. The molecule has 3 rings (SSSR count). The van der Waals surface area contributed by atoms with E-state index >= 15 is 0 Å². The number of benzene rings is 1. The van der Waals surface area contributed by atoms with E-state index in [2.05, 4.69) is 56.2 Å². The zero-order valence-corrected chi connectivity index (χ0v) is 15.3. The zero-order valence-electron chi connectivity index (χ0n) is 15.3. The first-order valence-electron chi connectivity index (χ1n) is 9.05. The highest BCUT2D eigenvalue weighted by atomic mass is 16.2. The van der Waals surface area contributed by atoms with Crippen LogP contribution in [0.15, 0.2) is 18.2 Å². The van der Waals surface area contributed by atoms with Crippen molar-refractivity contribution in [2.45, 2.75) is 59.0 Å². The van der Waals surface area contributed by atoms with E-state index in [0.29, 0.717) is 18.5 Å². The van der Waals surface area contributed by atoms with Crippen LogP contribution in [0.1, 0.15) is 43.5 Å². The number of carbonyl (C=O) groups is 1. The summed E-state index contributed by atoms with van der Waals surface area (Å²) in [6.45, 7) is 10.3. The Kier molecular flexibility index (Phi) is 4.95. The number of piperidine rings is 1. The number of H-pyrrole nitrogens is 1. The summed E-state index contributed by atoms with van der Waals surface area (Å²) in [5, 5.41) is 4.81. The SMILES string of the molecule is Cc1[nH]c2ccc(CC(=O)N3CCC(NC(C)C)CC3)cc2c1C. The van der Waals surface area contributed by atoms with E-state index in [0.717, 1.165) is 37.0 Å². The van der Waals surface area contributed by atoms with Crippen molar-refractivity contribution in [1.29, 1.82) is 0 Å². The van der Waals surface area contributed by atoms with Crippen LogP contribution >= 0.6 is 0 Å². The summed E-state index contributed by atoms with van der Waals surface area (Å²) in [6, 6.07) is 7.39. The van der Waals surface area contributed by atoms with Gasteiger partial charge in [0.15, 0.2) is 0 Å². The lowest BCUT2D eigenvalue weighted by Gasteiger charge is -2.33. The van der Waals surface area contributed by atoms with E-state index in [9.17, 15) is 4.79 Å². The first kappa shape index (κ1) is 17.0. The summed E-state index contributed by atoms with van der Waals surface area (Å²) in [4.78, 5) is 18.0. The molecule has 0 atom stereocenters. The summed E-state index contributed by atoms with van der Waals surface area (Å²) in [5.74, 6) is 0.252. The highest BCUT2D eigenvalue weighted by Gasteiger charge is 2.23. The van der Waals surface area contributed by atoms with Crippen molar-refractivity contribution in [3.63, 3.8) is 0 Å². The number of carbonyl (C=O) groups excluding carboxylic acids is 1. The Hall–Kier alpha value is -1.81. The number of nitrogens with one attached hydrogen (secondary N) is 2. The van der Waals surface area contributed by atoms with E-state index in [1.807, 2.05) is 4.90 Å². The van der Waals surface area contributed by atoms with Crippen LogP contribution in [0.4, 0.5) is 0 Å². The third-order valence-electron chi connectivity index (χ3n) is 5.14. The number of aromatic nitrogens is 1. The van der Waals surface area contributed by atoms with E-state index in [-0.39, 0.29) is 5.91 Å². The second-order valence-corrected chi connectivity index (χ2v) is 7.41. The fourth-order valence-corrected chi connectivity index (χ4v) is 3.67. The van der Waals surface area contributed by atoms with Gasteiger partial charge in [-0.3, -0.25) is 4.79 Å². The van der Waals surface area contributed by atoms with Crippen molar-refractivity contribution in [3.8, 4) is 0 Å². The molecule has 1 aromatic carbocycles. The van der Waals surface area contributed by atoms with Gasteiger partial charge in [-0.2, -0.15) is 0 Å². The van der Waals surface area contributed by atoms with Gasteiger partial charge in [0, 0.05) is 41.8 Å². The van der Waals surface area contributed by atoms with Gasteiger partial charge in [-0.15, -0.1) is 0 Å². The van der Waals surface area contributed by atoms with Crippen LogP contribution in [0.2, 0.25) is 0 Å². The molecule has 2 heterocycles. The predicted molar refractivity (Wildman–Crippen MR) is 99.4 cm³/mol. The van der Waals surface area contributed by atoms with Gasteiger partial charge in [-0.05, 0) is 49.9 Å². The quantitative estimate of drug-likeness (QED) is 0.905. The van der Waals surface area contributed by atoms with Crippen LogP contribution in [-0.4, -0.2) is 41.0 Å². The monoisotopic (exact) mass is 327 g/mol. The van der Waals surface area contributed by atoms with Gasteiger partial charge in [-0.1, -0.05) is 19.9 Å². The Labute approximate surface area is 144 Å². The number of aromatic amines is 1. The molecule has 24 heavy (non-hydrogen) atoms. The Morgan fingerprint density at radius 1 is 1.29 bits per heavy atom. The molecule has 2 N–H and O–H groups in total. The molecule has 1 amide bonds. The molecule has 4 heteroatoms. The molecular formula is C20H29N3O. The second kappa shape index (κ2) is 6.98. The van der Waals surface area contributed by atoms with Crippen LogP contribution in [0.3, 0.4) is 0 Å². The van der Waals surface area contributed by atoms with Gasteiger partial charge in [0.2, 0.25) is 5.91 Å². The van der Waals surface area contributed by atoms with Gasteiger partial charge < -0.3 is 15.2 Å². The number of hydrogen-bond donors (Lipinski definition) is 2. The standard InChI is InChI=1S/C20H29N3O/c1-13(2)21-17-7-9-23(10-8-17)20(24)12-16-5-6-19-18(11-16)14(3)15(4)22-19/h5-6,11,13,17,21-22H,7-10,12H2,1-4H3. The minimum atomic E-state index is 0.252. The molecule has 130 valence electrons. The molecular weight excluding hydrogens is 298 g/mol. The normalized spacial score (nSPS) is 16.3. The number of amides is 1. The van der Waals surface area contributed by atoms with Crippen molar-refractivity contribution in [3.05, 3.63) is 35.0 Å². The maximum absolute atomic E-state index is 12.6. The lowest BCUT2D eigenvalue weighted by Crippen LogP contribution is -2.47. The predicted octanol–water partition coefficient (Wildman–Crippen LogP) is 3.32. The maximum Gasteiger partial charge on any atom is 0.226 e. The minimum absolute atomic E-state index is 0.252. The van der Waals surface area contributed by atoms with E-state index in [1.165, 1.54) is 16.6 Å². The van der Waals surface area contributed by atoms with Crippen LogP contribution in [-0.2, 0) is 11.2 Å². The second-order valence-electron chi connectivity index (χ2n) is 7.41. The third-order valence-corrected chi connectivity index (χ3v) is 5.14. The summed E-state index contributed by atoms with van der Waals surface area (Å²) in [6.07, 6.45) is 2.61. The van der Waals surface area contributed by atoms with Gasteiger partial charge >= 0.3 is 0 Å². The maximum atomic E-state index is 12.6. The Bertz CT molecular complexity index is 724. The molecule has 1 aliphatic heterocycles. The zero-order chi connectivity index (χ0) is 17.3. The molecule has 1 saturated heterocycles. The van der Waals surface area contributed by atoms with E-state index < -0.39 is 0 Å². The smallest absolute Gasteiger partial charge is 0.226 e. The summed E-state index contributed by atoms with van der Waals surface area (Å²) in [5.41, 5.74) is 4.74. The van der Waals surface area contributed by atoms with E-state index in [4.69, 9.17) is 0 Å². The topological polar surface area (TPSA) is 48.1 Å². The Morgan fingerprint density at radius 2 is 2.00 bits per heavy atom. The average Bonchev–Trinajstić information content (AvgIpc) is 2.82. The van der Waals surface area contributed by atoms with E-state index in [1.54, 1.807) is 0 Å². The number of aryl methyl sites for hydroxylation is 2. The van der Waals surface area contributed by atoms with Crippen LogP contribution in [0.5, 0.6) is 0 Å². The summed E-state index contributed by atoms with van der Waals surface area (Å²) >= 11 is 0. The Balaban J connectivity index is 1.62. The van der Waals surface area contributed by atoms with Crippen LogP contribution in [0.25, 0.3) is 10.9 Å². The number of hydrogen-bond acceptors (Lipinski definition) is 2. The molecule has 0 unspecified atom stereocenters. The minimum Gasteiger partial charge on any atom is -0.358 e. The highest BCUT2D eigenvalue weighted by Crippen LogP contribution is 2.23. The van der Waals surface area contributed by atoms with Gasteiger partial charge in [0.25, 0.3) is 0 Å². The molecule has 1 aliphatic rings. The van der Waals surface area contributed by atoms with Crippen molar-refractivity contribution < 1.29 is 4.79 Å². The third kappa shape index (κ3) is 3.64. The average molecular weight is 327 g/mol. The van der Waals surface area contributed by atoms with Gasteiger partial charge in [0.1, 0.15) is 0 Å². The van der Waals surface area contributed by atoms with Gasteiger partial charge in [-0.25, -0.2) is 0 Å². The summed E-state index contributed by atoms with van der Waals surface area (Å²) < 4.78 is 0. The molecule has 0 aliphatic carbocycles. The van der Waals surface area contributed by atoms with Crippen molar-refractivity contribution >= 4 is 16.8 Å². The number of nitrogens with zero attached hydrogens (tertiary/aromatic N) is 1. The first-order chi connectivity index (χ1) is 11.4. The highest BCUT2D eigenvalue weighted by molar-refractivity contribution is 5.87. The van der Waals surface area contributed by atoms with Crippen LogP contribution < -0.4 is 5.32 Å². The van der Waals surface area contributed by atoms with Crippen molar-refractivity contribution in [2.24, 2.45) is 0 Å². The number of fused-ring (bicyclic) bond motifs is 1. The summed E-state index contributed by atoms with van der Waals surface area (Å²) in [7, 11) is 0. The Morgan fingerprint density at radius 3 is 2.67 bits per heavy atom. The molecule has 1 aromatic heterocycles. The number of rotatable bonds is 4.